The molecule has 98 valence electrons. The van der Waals surface area contributed by atoms with E-state index in [1.54, 1.807) is 11.3 Å². The van der Waals surface area contributed by atoms with E-state index in [9.17, 15) is 5.26 Å². The summed E-state index contributed by atoms with van der Waals surface area (Å²) in [7, 11) is 1.90. The summed E-state index contributed by atoms with van der Waals surface area (Å²) in [6.07, 6.45) is 0. The molecule has 2 aromatic rings. The van der Waals surface area contributed by atoms with Crippen LogP contribution in [-0.4, -0.2) is 22.2 Å². The van der Waals surface area contributed by atoms with Crippen LogP contribution in [-0.2, 0) is 6.54 Å². The average Bonchev–Trinajstić information content (AvgIpc) is 2.77. The lowest BCUT2D eigenvalue weighted by molar-refractivity contribution is 0.839. The molecule has 0 aliphatic heterocycles. The van der Waals surface area contributed by atoms with Gasteiger partial charge in [-0.1, -0.05) is 0 Å². The molecular formula is C13H15N5S. The van der Waals surface area contributed by atoms with E-state index in [2.05, 4.69) is 21.3 Å². The molecule has 0 aliphatic rings. The minimum atomic E-state index is 0.586. The van der Waals surface area contributed by atoms with E-state index in [-0.39, 0.29) is 0 Å². The van der Waals surface area contributed by atoms with Crippen molar-refractivity contribution in [2.24, 2.45) is 0 Å². The summed E-state index contributed by atoms with van der Waals surface area (Å²) in [6, 6.07) is 2.22. The van der Waals surface area contributed by atoms with E-state index in [0.717, 1.165) is 22.0 Å². The molecular weight excluding hydrogens is 258 g/mol. The number of aryl methyl sites for hydroxylation is 2. The maximum atomic E-state index is 9.29. The Balaban J connectivity index is 2.32. The molecule has 2 rings (SSSR count). The number of nitrogens with zero attached hydrogens (tertiary/aromatic N) is 5. The molecule has 0 fully saturated rings. The van der Waals surface area contributed by atoms with Gasteiger partial charge in [0.05, 0.1) is 12.2 Å². The Bertz CT molecular complexity index is 641. The Morgan fingerprint density at radius 2 is 2.05 bits per heavy atom. The van der Waals surface area contributed by atoms with Gasteiger partial charge < -0.3 is 4.90 Å². The van der Waals surface area contributed by atoms with Crippen LogP contribution in [0.15, 0.2) is 5.38 Å². The van der Waals surface area contributed by atoms with Crippen molar-refractivity contribution in [2.75, 3.05) is 11.9 Å². The van der Waals surface area contributed by atoms with Gasteiger partial charge in [-0.15, -0.1) is 16.4 Å². The SMILES string of the molecule is Cc1csc(CN(C)c2nnc(C)c(C)c2C#N)n1. The maximum Gasteiger partial charge on any atom is 0.169 e. The first kappa shape index (κ1) is 13.4. The molecule has 0 aromatic carbocycles. The van der Waals surface area contributed by atoms with Gasteiger partial charge in [0.15, 0.2) is 5.82 Å². The highest BCUT2D eigenvalue weighted by Gasteiger charge is 2.15. The third-order valence-corrected chi connectivity index (χ3v) is 3.90. The fourth-order valence-electron chi connectivity index (χ4n) is 1.75. The molecule has 2 heterocycles. The minimum Gasteiger partial charge on any atom is -0.350 e. The van der Waals surface area contributed by atoms with Crippen molar-refractivity contribution in [3.8, 4) is 6.07 Å². The molecule has 0 radical (unpaired) electrons. The second kappa shape index (κ2) is 5.33. The summed E-state index contributed by atoms with van der Waals surface area (Å²) in [5, 5.41) is 20.5. The van der Waals surface area contributed by atoms with Crippen LogP contribution in [0, 0.1) is 32.1 Å². The largest absolute Gasteiger partial charge is 0.350 e. The molecule has 0 saturated carbocycles. The van der Waals surface area contributed by atoms with E-state index in [0.29, 0.717) is 17.9 Å². The van der Waals surface area contributed by atoms with E-state index in [1.807, 2.05) is 38.1 Å². The van der Waals surface area contributed by atoms with Crippen LogP contribution in [0.1, 0.15) is 27.5 Å². The second-order valence-corrected chi connectivity index (χ2v) is 5.40. The van der Waals surface area contributed by atoms with Gasteiger partial charge in [0, 0.05) is 18.1 Å². The standard InChI is InChI=1S/C13H15N5S/c1-8-7-19-12(15-8)6-18(4)13-11(5-14)9(2)10(3)16-17-13/h7H,6H2,1-4H3. The highest BCUT2D eigenvalue weighted by atomic mass is 32.1. The van der Waals surface area contributed by atoms with Gasteiger partial charge in [-0.25, -0.2) is 4.98 Å². The predicted octanol–water partition coefficient (Wildman–Crippen LogP) is 2.37. The zero-order valence-electron chi connectivity index (χ0n) is 11.4. The summed E-state index contributed by atoms with van der Waals surface area (Å²) in [5.41, 5.74) is 3.27. The van der Waals surface area contributed by atoms with Crippen LogP contribution in [0.5, 0.6) is 0 Å². The number of aromatic nitrogens is 3. The molecule has 0 saturated heterocycles. The fraction of sp³-hybridized carbons (Fsp3) is 0.385. The van der Waals surface area contributed by atoms with Crippen LogP contribution in [0.25, 0.3) is 0 Å². The third-order valence-electron chi connectivity index (χ3n) is 2.95. The number of nitriles is 1. The molecule has 2 aromatic heterocycles. The molecule has 0 spiro atoms. The Hall–Kier alpha value is -2.00. The molecule has 0 unspecified atom stereocenters. The summed E-state index contributed by atoms with van der Waals surface area (Å²) >= 11 is 1.61. The molecule has 0 amide bonds. The van der Waals surface area contributed by atoms with Gasteiger partial charge >= 0.3 is 0 Å². The topological polar surface area (TPSA) is 65.7 Å². The lowest BCUT2D eigenvalue weighted by Gasteiger charge is -2.18. The van der Waals surface area contributed by atoms with Crippen LogP contribution in [0.3, 0.4) is 0 Å². The zero-order chi connectivity index (χ0) is 14.0. The van der Waals surface area contributed by atoms with Gasteiger partial charge in [-0.05, 0) is 26.3 Å². The maximum absolute atomic E-state index is 9.29. The van der Waals surface area contributed by atoms with E-state index >= 15 is 0 Å². The van der Waals surface area contributed by atoms with Gasteiger partial charge in [0.2, 0.25) is 0 Å². The predicted molar refractivity (Wildman–Crippen MR) is 75.2 cm³/mol. The minimum absolute atomic E-state index is 0.586. The van der Waals surface area contributed by atoms with Crippen LogP contribution in [0.2, 0.25) is 0 Å². The lowest BCUT2D eigenvalue weighted by Crippen LogP contribution is -2.20. The summed E-state index contributed by atoms with van der Waals surface area (Å²) in [4.78, 5) is 6.33. The molecule has 0 bridgehead atoms. The van der Waals surface area contributed by atoms with Crippen LogP contribution in [0.4, 0.5) is 5.82 Å². The van der Waals surface area contributed by atoms with Crippen molar-refractivity contribution in [1.82, 2.24) is 15.2 Å². The molecule has 6 heteroatoms. The molecule has 0 atom stereocenters. The first-order valence-electron chi connectivity index (χ1n) is 5.89. The fourth-order valence-corrected chi connectivity index (χ4v) is 2.57. The Morgan fingerprint density at radius 1 is 1.32 bits per heavy atom. The summed E-state index contributed by atoms with van der Waals surface area (Å²) in [5.74, 6) is 0.610. The molecule has 19 heavy (non-hydrogen) atoms. The quantitative estimate of drug-likeness (QED) is 0.859. The van der Waals surface area contributed by atoms with Crippen molar-refractivity contribution >= 4 is 17.2 Å². The highest BCUT2D eigenvalue weighted by molar-refractivity contribution is 7.09. The van der Waals surface area contributed by atoms with Crippen LogP contribution < -0.4 is 4.90 Å². The monoisotopic (exact) mass is 273 g/mol. The smallest absolute Gasteiger partial charge is 0.169 e. The number of rotatable bonds is 3. The molecule has 5 nitrogen and oxygen atoms in total. The number of hydrogen-bond acceptors (Lipinski definition) is 6. The molecule has 0 N–H and O–H groups in total. The number of thiazole rings is 1. The Kier molecular flexibility index (Phi) is 3.76. The van der Waals surface area contributed by atoms with E-state index in [1.165, 1.54) is 0 Å². The zero-order valence-corrected chi connectivity index (χ0v) is 12.2. The van der Waals surface area contributed by atoms with Gasteiger partial charge in [0.25, 0.3) is 0 Å². The van der Waals surface area contributed by atoms with Crippen molar-refractivity contribution in [3.63, 3.8) is 0 Å². The van der Waals surface area contributed by atoms with E-state index in [4.69, 9.17) is 0 Å². The van der Waals surface area contributed by atoms with E-state index < -0.39 is 0 Å². The van der Waals surface area contributed by atoms with Gasteiger partial charge in [-0.3, -0.25) is 0 Å². The number of anilines is 1. The molecule has 0 aliphatic carbocycles. The third kappa shape index (κ3) is 2.71. The normalized spacial score (nSPS) is 10.3. The Labute approximate surface area is 116 Å². The summed E-state index contributed by atoms with van der Waals surface area (Å²) in [6.45, 7) is 6.35. The summed E-state index contributed by atoms with van der Waals surface area (Å²) < 4.78 is 0. The first-order chi connectivity index (χ1) is 9.02. The van der Waals surface area contributed by atoms with Crippen LogP contribution >= 0.6 is 11.3 Å². The lowest BCUT2D eigenvalue weighted by atomic mass is 10.1. The average molecular weight is 273 g/mol. The van der Waals surface area contributed by atoms with Gasteiger partial charge in [-0.2, -0.15) is 10.4 Å². The number of hydrogen-bond donors (Lipinski definition) is 0. The Morgan fingerprint density at radius 3 is 2.63 bits per heavy atom. The van der Waals surface area contributed by atoms with Crippen molar-refractivity contribution < 1.29 is 0 Å². The van der Waals surface area contributed by atoms with Crippen molar-refractivity contribution in [1.29, 1.82) is 5.26 Å². The van der Waals surface area contributed by atoms with Crippen molar-refractivity contribution in [2.45, 2.75) is 27.3 Å². The highest BCUT2D eigenvalue weighted by Crippen LogP contribution is 2.22. The second-order valence-electron chi connectivity index (χ2n) is 4.46. The van der Waals surface area contributed by atoms with Gasteiger partial charge in [0.1, 0.15) is 16.6 Å². The first-order valence-corrected chi connectivity index (χ1v) is 6.77. The van der Waals surface area contributed by atoms with Crippen molar-refractivity contribution in [3.05, 3.63) is 32.9 Å².